The van der Waals surface area contributed by atoms with Crippen LogP contribution in [0, 0.1) is 12.7 Å². The Morgan fingerprint density at radius 1 is 1.16 bits per heavy atom. The molecule has 3 rings (SSSR count). The van der Waals surface area contributed by atoms with E-state index in [1.54, 1.807) is 32.9 Å². The van der Waals surface area contributed by atoms with Gasteiger partial charge in [-0.3, -0.25) is 4.79 Å². The SMILES string of the molecule is CCN(CC)S(=O)(=O)c1ccc(O)c(NC(=O)c2sc(Cc3ccc(F)cc3)nc2C)c1. The Kier molecular flexibility index (Phi) is 7.27. The number of sulfonamides is 1. The number of aromatic hydroxyl groups is 1. The van der Waals surface area contributed by atoms with Crippen LogP contribution in [0.4, 0.5) is 10.1 Å². The number of nitrogens with one attached hydrogen (secondary N) is 1. The summed E-state index contributed by atoms with van der Waals surface area (Å²) in [6.07, 6.45) is 0.446. The van der Waals surface area contributed by atoms with E-state index in [4.69, 9.17) is 0 Å². The molecule has 0 radical (unpaired) electrons. The molecule has 0 fully saturated rings. The van der Waals surface area contributed by atoms with Crippen LogP contribution in [-0.2, 0) is 16.4 Å². The minimum Gasteiger partial charge on any atom is -0.506 e. The van der Waals surface area contributed by atoms with Gasteiger partial charge in [-0.05, 0) is 42.8 Å². The molecule has 170 valence electrons. The average molecular weight is 478 g/mol. The van der Waals surface area contributed by atoms with Crippen molar-refractivity contribution < 1.29 is 22.7 Å². The topological polar surface area (TPSA) is 99.6 Å². The molecule has 1 aromatic heterocycles. The van der Waals surface area contributed by atoms with Crippen LogP contribution in [0.2, 0.25) is 0 Å². The monoisotopic (exact) mass is 477 g/mol. The summed E-state index contributed by atoms with van der Waals surface area (Å²) in [4.78, 5) is 17.6. The highest BCUT2D eigenvalue weighted by atomic mass is 32.2. The minimum absolute atomic E-state index is 0.00360. The molecular weight excluding hydrogens is 453 g/mol. The zero-order chi connectivity index (χ0) is 23.5. The first kappa shape index (κ1) is 23.8. The summed E-state index contributed by atoms with van der Waals surface area (Å²) in [5, 5.41) is 13.4. The lowest BCUT2D eigenvalue weighted by atomic mass is 10.1. The summed E-state index contributed by atoms with van der Waals surface area (Å²) in [5.74, 6) is -1.07. The van der Waals surface area contributed by atoms with Crippen molar-refractivity contribution >= 4 is 33.0 Å². The summed E-state index contributed by atoms with van der Waals surface area (Å²) in [6.45, 7) is 5.78. The maximum absolute atomic E-state index is 13.1. The molecule has 0 unspecified atom stereocenters. The molecular formula is C22H24FN3O4S2. The molecule has 3 aromatic rings. The molecule has 32 heavy (non-hydrogen) atoms. The third-order valence-corrected chi connectivity index (χ3v) is 8.08. The van der Waals surface area contributed by atoms with Crippen molar-refractivity contribution in [1.82, 2.24) is 9.29 Å². The van der Waals surface area contributed by atoms with E-state index < -0.39 is 15.9 Å². The first-order chi connectivity index (χ1) is 15.1. The highest BCUT2D eigenvalue weighted by Crippen LogP contribution is 2.30. The number of thiazole rings is 1. The Bertz CT molecular complexity index is 1220. The van der Waals surface area contributed by atoms with Gasteiger partial charge in [0.1, 0.15) is 16.4 Å². The molecule has 1 heterocycles. The maximum Gasteiger partial charge on any atom is 0.267 e. The number of rotatable bonds is 8. The summed E-state index contributed by atoms with van der Waals surface area (Å²) in [5.41, 5.74) is 1.37. The van der Waals surface area contributed by atoms with Crippen molar-refractivity contribution in [2.24, 2.45) is 0 Å². The van der Waals surface area contributed by atoms with Gasteiger partial charge < -0.3 is 10.4 Å². The van der Waals surface area contributed by atoms with Crippen molar-refractivity contribution in [2.75, 3.05) is 18.4 Å². The second-order valence-corrected chi connectivity index (χ2v) is 10.1. The Hall–Kier alpha value is -2.82. The number of nitrogens with zero attached hydrogens (tertiary/aromatic N) is 2. The standard InChI is InChI=1S/C22H24FN3O4S2/c1-4-26(5-2)32(29,30)17-10-11-19(27)18(13-17)25-22(28)21-14(3)24-20(31-21)12-15-6-8-16(23)9-7-15/h6-11,13,27H,4-5,12H2,1-3H3,(H,25,28). The first-order valence-corrected chi connectivity index (χ1v) is 12.3. The Balaban J connectivity index is 1.83. The lowest BCUT2D eigenvalue weighted by molar-refractivity contribution is 0.102. The van der Waals surface area contributed by atoms with Gasteiger partial charge in [-0.25, -0.2) is 17.8 Å². The zero-order valence-corrected chi connectivity index (χ0v) is 19.6. The normalized spacial score (nSPS) is 11.7. The molecule has 0 aliphatic carbocycles. The molecule has 0 saturated carbocycles. The predicted octanol–water partition coefficient (Wildman–Crippen LogP) is 4.17. The quantitative estimate of drug-likeness (QED) is 0.475. The third kappa shape index (κ3) is 5.14. The van der Waals surface area contributed by atoms with Gasteiger partial charge in [0.2, 0.25) is 10.0 Å². The number of benzene rings is 2. The molecule has 1 amide bonds. The number of phenolic OH excluding ortho intramolecular Hbond substituents is 1. The van der Waals surface area contributed by atoms with Crippen LogP contribution in [-0.4, -0.2) is 41.8 Å². The second kappa shape index (κ2) is 9.76. The van der Waals surface area contributed by atoms with E-state index in [9.17, 15) is 22.7 Å². The molecule has 2 N–H and O–H groups in total. The minimum atomic E-state index is -3.75. The number of hydrogen-bond acceptors (Lipinski definition) is 6. The van der Waals surface area contributed by atoms with E-state index in [0.717, 1.165) is 5.56 Å². The predicted molar refractivity (Wildman–Crippen MR) is 122 cm³/mol. The maximum atomic E-state index is 13.1. The zero-order valence-electron chi connectivity index (χ0n) is 17.9. The smallest absolute Gasteiger partial charge is 0.267 e. The first-order valence-electron chi connectivity index (χ1n) is 10.0. The molecule has 0 bridgehead atoms. The molecule has 0 saturated heterocycles. The molecule has 0 aliphatic rings. The highest BCUT2D eigenvalue weighted by Gasteiger charge is 2.24. The Morgan fingerprint density at radius 3 is 2.44 bits per heavy atom. The molecule has 0 atom stereocenters. The molecule has 0 spiro atoms. The van der Waals surface area contributed by atoms with Gasteiger partial charge >= 0.3 is 0 Å². The summed E-state index contributed by atoms with van der Waals surface area (Å²) < 4.78 is 39.9. The van der Waals surface area contributed by atoms with Crippen LogP contribution in [0.15, 0.2) is 47.4 Å². The second-order valence-electron chi connectivity index (χ2n) is 7.05. The number of anilines is 1. The van der Waals surface area contributed by atoms with Gasteiger partial charge in [0, 0.05) is 19.5 Å². The van der Waals surface area contributed by atoms with Gasteiger partial charge in [0.25, 0.3) is 5.91 Å². The fraction of sp³-hybridized carbons (Fsp3) is 0.273. The van der Waals surface area contributed by atoms with Crippen LogP contribution in [0.5, 0.6) is 5.75 Å². The number of aryl methyl sites for hydroxylation is 1. The number of aromatic nitrogens is 1. The van der Waals surface area contributed by atoms with E-state index in [0.29, 0.717) is 35.1 Å². The van der Waals surface area contributed by atoms with Crippen molar-refractivity contribution in [3.8, 4) is 5.75 Å². The van der Waals surface area contributed by atoms with Crippen molar-refractivity contribution in [1.29, 1.82) is 0 Å². The number of carbonyl (C=O) groups excluding carboxylic acids is 1. The average Bonchev–Trinajstić information content (AvgIpc) is 3.12. The van der Waals surface area contributed by atoms with E-state index in [1.165, 1.54) is 46.0 Å². The van der Waals surface area contributed by atoms with E-state index in [2.05, 4.69) is 10.3 Å². The van der Waals surface area contributed by atoms with Crippen molar-refractivity contribution in [3.05, 3.63) is 69.4 Å². The Labute approximate surface area is 190 Å². The molecule has 2 aromatic carbocycles. The molecule has 10 heteroatoms. The molecule has 0 aliphatic heterocycles. The van der Waals surface area contributed by atoms with Crippen LogP contribution >= 0.6 is 11.3 Å². The number of amides is 1. The van der Waals surface area contributed by atoms with Crippen molar-refractivity contribution in [3.63, 3.8) is 0 Å². The number of carbonyl (C=O) groups is 1. The van der Waals surface area contributed by atoms with Crippen LogP contribution in [0.1, 0.15) is 39.8 Å². The largest absolute Gasteiger partial charge is 0.506 e. The van der Waals surface area contributed by atoms with Crippen LogP contribution in [0.25, 0.3) is 0 Å². The highest BCUT2D eigenvalue weighted by molar-refractivity contribution is 7.89. The van der Waals surface area contributed by atoms with Gasteiger partial charge in [-0.15, -0.1) is 11.3 Å². The van der Waals surface area contributed by atoms with E-state index in [1.807, 2.05) is 0 Å². The van der Waals surface area contributed by atoms with E-state index in [-0.39, 0.29) is 22.1 Å². The number of halogens is 1. The van der Waals surface area contributed by atoms with Gasteiger partial charge in [0.05, 0.1) is 21.3 Å². The third-order valence-electron chi connectivity index (χ3n) is 4.88. The van der Waals surface area contributed by atoms with Gasteiger partial charge in [0.15, 0.2) is 0 Å². The summed E-state index contributed by atoms with van der Waals surface area (Å²) >= 11 is 1.19. The number of phenols is 1. The fourth-order valence-electron chi connectivity index (χ4n) is 3.18. The molecule has 7 nitrogen and oxygen atoms in total. The Morgan fingerprint density at radius 2 is 1.81 bits per heavy atom. The van der Waals surface area contributed by atoms with Crippen LogP contribution < -0.4 is 5.32 Å². The lowest BCUT2D eigenvalue weighted by Gasteiger charge is -2.19. The van der Waals surface area contributed by atoms with E-state index >= 15 is 0 Å². The lowest BCUT2D eigenvalue weighted by Crippen LogP contribution is -2.30. The van der Waals surface area contributed by atoms with Crippen molar-refractivity contribution in [2.45, 2.75) is 32.1 Å². The summed E-state index contributed by atoms with van der Waals surface area (Å²) in [7, 11) is -3.75. The van der Waals surface area contributed by atoms with Crippen LogP contribution in [0.3, 0.4) is 0 Å². The number of hydrogen-bond donors (Lipinski definition) is 2. The van der Waals surface area contributed by atoms with Gasteiger partial charge in [-0.1, -0.05) is 26.0 Å². The summed E-state index contributed by atoms with van der Waals surface area (Å²) in [6, 6.07) is 9.84. The van der Waals surface area contributed by atoms with Gasteiger partial charge in [-0.2, -0.15) is 4.31 Å². The fourth-order valence-corrected chi connectivity index (χ4v) is 5.66.